The van der Waals surface area contributed by atoms with Gasteiger partial charge in [-0.05, 0) is 12.8 Å². The van der Waals surface area contributed by atoms with Crippen molar-refractivity contribution in [3.8, 4) is 0 Å². The molecule has 4 heteroatoms. The van der Waals surface area contributed by atoms with Crippen LogP contribution in [-0.2, 0) is 19.1 Å². The molecule has 0 aliphatic carbocycles. The molecule has 0 spiro atoms. The summed E-state index contributed by atoms with van der Waals surface area (Å²) in [6, 6.07) is 0. The van der Waals surface area contributed by atoms with Gasteiger partial charge in [0, 0.05) is 6.42 Å². The maximum atomic E-state index is 10.7. The van der Waals surface area contributed by atoms with Crippen LogP contribution in [0.3, 0.4) is 0 Å². The first-order valence-electron chi connectivity index (χ1n) is 4.60. The van der Waals surface area contributed by atoms with Gasteiger partial charge in [0.1, 0.15) is 6.10 Å². The summed E-state index contributed by atoms with van der Waals surface area (Å²) in [4.78, 5) is 20.9. The molecule has 4 nitrogen and oxygen atoms in total. The van der Waals surface area contributed by atoms with Crippen molar-refractivity contribution in [2.75, 3.05) is 7.11 Å². The summed E-state index contributed by atoms with van der Waals surface area (Å²) in [6.07, 6.45) is 6.30. The lowest BCUT2D eigenvalue weighted by Gasteiger charge is -1.93. The second-order valence-electron chi connectivity index (χ2n) is 3.10. The number of ether oxygens (including phenoxy) is 2. The van der Waals surface area contributed by atoms with E-state index in [0.29, 0.717) is 12.8 Å². The number of hydrogen-bond donors (Lipinski definition) is 0. The third-order valence-corrected chi connectivity index (χ3v) is 2.03. The molecule has 0 radical (unpaired) electrons. The summed E-state index contributed by atoms with van der Waals surface area (Å²) in [6.45, 7) is 0. The molecule has 1 aliphatic heterocycles. The molecular weight excluding hydrogens is 184 g/mol. The Balaban J connectivity index is 1.99. The Hall–Kier alpha value is -1.16. The van der Waals surface area contributed by atoms with Gasteiger partial charge in [-0.3, -0.25) is 4.79 Å². The van der Waals surface area contributed by atoms with Gasteiger partial charge in [0.05, 0.1) is 13.2 Å². The van der Waals surface area contributed by atoms with Gasteiger partial charge >= 0.3 is 5.97 Å². The normalized spacial score (nSPS) is 24.9. The molecule has 0 aromatic rings. The zero-order chi connectivity index (χ0) is 10.4. The van der Waals surface area contributed by atoms with E-state index in [1.54, 1.807) is 0 Å². The van der Waals surface area contributed by atoms with E-state index in [0.717, 1.165) is 12.7 Å². The first-order chi connectivity index (χ1) is 6.77. The van der Waals surface area contributed by atoms with E-state index in [4.69, 9.17) is 4.74 Å². The molecule has 1 saturated heterocycles. The maximum absolute atomic E-state index is 10.7. The van der Waals surface area contributed by atoms with Crippen LogP contribution in [0, 0.1) is 0 Å². The van der Waals surface area contributed by atoms with Gasteiger partial charge in [0.25, 0.3) is 0 Å². The Morgan fingerprint density at radius 3 is 2.86 bits per heavy atom. The zero-order valence-corrected chi connectivity index (χ0v) is 8.14. The van der Waals surface area contributed by atoms with E-state index in [9.17, 15) is 9.59 Å². The minimum atomic E-state index is -0.208. The van der Waals surface area contributed by atoms with Gasteiger partial charge in [0.15, 0.2) is 6.29 Å². The molecule has 0 amide bonds. The fourth-order valence-corrected chi connectivity index (χ4v) is 1.12. The summed E-state index contributed by atoms with van der Waals surface area (Å²) >= 11 is 0. The lowest BCUT2D eigenvalue weighted by Crippen LogP contribution is -1.98. The van der Waals surface area contributed by atoms with E-state index >= 15 is 0 Å². The molecule has 1 fully saturated rings. The number of hydrogen-bond acceptors (Lipinski definition) is 4. The fourth-order valence-electron chi connectivity index (χ4n) is 1.12. The summed E-state index contributed by atoms with van der Waals surface area (Å²) in [5.74, 6) is -0.205. The summed E-state index contributed by atoms with van der Waals surface area (Å²) in [5.41, 5.74) is 0. The van der Waals surface area contributed by atoms with Gasteiger partial charge in [-0.2, -0.15) is 0 Å². The highest BCUT2D eigenvalue weighted by Crippen LogP contribution is 2.23. The molecule has 14 heavy (non-hydrogen) atoms. The predicted molar refractivity (Wildman–Crippen MR) is 49.7 cm³/mol. The highest BCUT2D eigenvalue weighted by atomic mass is 16.6. The third-order valence-electron chi connectivity index (χ3n) is 2.03. The lowest BCUT2D eigenvalue weighted by atomic mass is 10.2. The number of epoxide rings is 1. The topological polar surface area (TPSA) is 55.9 Å². The summed E-state index contributed by atoms with van der Waals surface area (Å²) in [7, 11) is 1.37. The molecule has 0 aromatic heterocycles. The number of aldehydes is 1. The van der Waals surface area contributed by atoms with E-state index in [1.165, 1.54) is 7.11 Å². The van der Waals surface area contributed by atoms with Crippen molar-refractivity contribution in [2.45, 2.75) is 31.5 Å². The van der Waals surface area contributed by atoms with E-state index in [-0.39, 0.29) is 18.2 Å². The second-order valence-corrected chi connectivity index (χ2v) is 3.10. The largest absolute Gasteiger partial charge is 0.469 e. The minimum Gasteiger partial charge on any atom is -0.469 e. The van der Waals surface area contributed by atoms with E-state index in [1.807, 2.05) is 12.2 Å². The molecule has 1 aliphatic rings. The number of carbonyl (C=O) groups excluding carboxylic acids is 2. The number of esters is 1. The van der Waals surface area contributed by atoms with Crippen LogP contribution in [-0.4, -0.2) is 31.6 Å². The average Bonchev–Trinajstić information content (AvgIpc) is 2.95. The molecule has 0 aromatic carbocycles. The average molecular weight is 198 g/mol. The summed E-state index contributed by atoms with van der Waals surface area (Å²) < 4.78 is 9.48. The number of methoxy groups -OCH3 is 1. The zero-order valence-electron chi connectivity index (χ0n) is 8.14. The molecule has 0 bridgehead atoms. The third kappa shape index (κ3) is 3.70. The van der Waals surface area contributed by atoms with Crippen molar-refractivity contribution in [2.24, 2.45) is 0 Å². The monoisotopic (exact) mass is 198 g/mol. The standard InChI is InChI=1S/C10H14O4/c1-13-10(12)6-4-2-3-5-8-9(7-11)14-8/h2-3,7-9H,4-6H2,1H3. The molecule has 2 atom stereocenters. The highest BCUT2D eigenvalue weighted by molar-refractivity contribution is 5.69. The molecule has 0 N–H and O–H groups in total. The highest BCUT2D eigenvalue weighted by Gasteiger charge is 2.36. The Bertz CT molecular complexity index is 234. The van der Waals surface area contributed by atoms with Crippen molar-refractivity contribution in [1.82, 2.24) is 0 Å². The van der Waals surface area contributed by atoms with Crippen molar-refractivity contribution >= 4 is 12.3 Å². The van der Waals surface area contributed by atoms with Crippen molar-refractivity contribution < 1.29 is 19.1 Å². The van der Waals surface area contributed by atoms with Crippen LogP contribution in [0.5, 0.6) is 0 Å². The molecule has 2 unspecified atom stereocenters. The van der Waals surface area contributed by atoms with Crippen LogP contribution < -0.4 is 0 Å². The van der Waals surface area contributed by atoms with Crippen LogP contribution in [0.1, 0.15) is 19.3 Å². The van der Waals surface area contributed by atoms with Gasteiger partial charge in [0.2, 0.25) is 0 Å². The molecule has 0 saturated carbocycles. The number of allylic oxidation sites excluding steroid dienone is 1. The first-order valence-corrected chi connectivity index (χ1v) is 4.60. The SMILES string of the molecule is COC(=O)CCC=CCC1OC1C=O. The Labute approximate surface area is 82.9 Å². The summed E-state index contributed by atoms with van der Waals surface area (Å²) in [5, 5.41) is 0. The Morgan fingerprint density at radius 2 is 2.29 bits per heavy atom. The van der Waals surface area contributed by atoms with Gasteiger partial charge in [-0.25, -0.2) is 0 Å². The van der Waals surface area contributed by atoms with Crippen molar-refractivity contribution in [1.29, 1.82) is 0 Å². The minimum absolute atomic E-state index is 0.0573. The van der Waals surface area contributed by atoms with Crippen molar-refractivity contribution in [3.05, 3.63) is 12.2 Å². The maximum Gasteiger partial charge on any atom is 0.305 e. The molecule has 78 valence electrons. The lowest BCUT2D eigenvalue weighted by molar-refractivity contribution is -0.140. The quantitative estimate of drug-likeness (QED) is 0.275. The number of carbonyl (C=O) groups is 2. The molecular formula is C10H14O4. The Kier molecular flexibility index (Phi) is 4.32. The second kappa shape index (κ2) is 5.54. The van der Waals surface area contributed by atoms with Crippen LogP contribution >= 0.6 is 0 Å². The van der Waals surface area contributed by atoms with E-state index < -0.39 is 0 Å². The first kappa shape index (κ1) is 10.9. The Morgan fingerprint density at radius 1 is 1.50 bits per heavy atom. The number of rotatable bonds is 6. The van der Waals surface area contributed by atoms with Gasteiger partial charge in [-0.1, -0.05) is 12.2 Å². The smallest absolute Gasteiger partial charge is 0.305 e. The van der Waals surface area contributed by atoms with Crippen LogP contribution in [0.25, 0.3) is 0 Å². The predicted octanol–water partition coefficient (Wildman–Crippen LogP) is 0.852. The van der Waals surface area contributed by atoms with Crippen LogP contribution in [0.2, 0.25) is 0 Å². The van der Waals surface area contributed by atoms with E-state index in [2.05, 4.69) is 4.74 Å². The fraction of sp³-hybridized carbons (Fsp3) is 0.600. The van der Waals surface area contributed by atoms with Gasteiger partial charge < -0.3 is 14.3 Å². The van der Waals surface area contributed by atoms with Crippen LogP contribution in [0.15, 0.2) is 12.2 Å². The van der Waals surface area contributed by atoms with Crippen LogP contribution in [0.4, 0.5) is 0 Å². The molecule has 1 heterocycles. The van der Waals surface area contributed by atoms with Crippen molar-refractivity contribution in [3.63, 3.8) is 0 Å². The van der Waals surface area contributed by atoms with Gasteiger partial charge in [-0.15, -0.1) is 0 Å². The molecule has 1 rings (SSSR count).